The third kappa shape index (κ3) is 4.63. The fourth-order valence-corrected chi connectivity index (χ4v) is 1.97. The van der Waals surface area contributed by atoms with Crippen LogP contribution in [0.2, 0.25) is 0 Å². The van der Waals surface area contributed by atoms with Gasteiger partial charge in [0.05, 0.1) is 0 Å². The van der Waals surface area contributed by atoms with Crippen molar-refractivity contribution in [2.24, 2.45) is 11.7 Å². The Morgan fingerprint density at radius 3 is 2.62 bits per heavy atom. The van der Waals surface area contributed by atoms with Crippen LogP contribution in [0.1, 0.15) is 46.0 Å². The number of nitrogens with one attached hydrogen (secondary N) is 1. The summed E-state index contributed by atoms with van der Waals surface area (Å²) in [6, 6.07) is 1.20. The maximum absolute atomic E-state index is 5.67. The van der Waals surface area contributed by atoms with Gasteiger partial charge >= 0.3 is 0 Å². The van der Waals surface area contributed by atoms with Crippen molar-refractivity contribution in [1.29, 1.82) is 0 Å². The van der Waals surface area contributed by atoms with E-state index in [-0.39, 0.29) is 0 Å². The molecule has 1 rings (SSSR count). The highest BCUT2D eigenvalue weighted by molar-refractivity contribution is 4.81. The molecule has 0 radical (unpaired) electrons. The lowest BCUT2D eigenvalue weighted by Gasteiger charge is -2.33. The van der Waals surface area contributed by atoms with E-state index in [2.05, 4.69) is 19.2 Å². The third-order valence-electron chi connectivity index (χ3n) is 2.89. The van der Waals surface area contributed by atoms with Crippen molar-refractivity contribution in [3.8, 4) is 0 Å². The summed E-state index contributed by atoms with van der Waals surface area (Å²) >= 11 is 0. The SMILES string of the molecule is CC(N)CCCCNC1CC(C)C1. The van der Waals surface area contributed by atoms with E-state index in [0.717, 1.165) is 12.0 Å². The van der Waals surface area contributed by atoms with E-state index in [1.165, 1.54) is 38.6 Å². The first kappa shape index (κ1) is 11.0. The Kier molecular flexibility index (Phi) is 4.74. The van der Waals surface area contributed by atoms with E-state index in [1.807, 2.05) is 0 Å². The molecule has 0 heterocycles. The molecule has 1 unspecified atom stereocenters. The molecule has 2 nitrogen and oxygen atoms in total. The Morgan fingerprint density at radius 2 is 2.08 bits per heavy atom. The number of unbranched alkanes of at least 4 members (excludes halogenated alkanes) is 1. The Labute approximate surface area is 82.3 Å². The van der Waals surface area contributed by atoms with Gasteiger partial charge in [-0.15, -0.1) is 0 Å². The molecule has 1 saturated carbocycles. The molecule has 3 N–H and O–H groups in total. The summed E-state index contributed by atoms with van der Waals surface area (Å²) in [4.78, 5) is 0. The molecule has 0 saturated heterocycles. The summed E-state index contributed by atoms with van der Waals surface area (Å²) in [5.74, 6) is 0.960. The summed E-state index contributed by atoms with van der Waals surface area (Å²) in [6.07, 6.45) is 6.49. The van der Waals surface area contributed by atoms with Gasteiger partial charge in [0.25, 0.3) is 0 Å². The zero-order valence-electron chi connectivity index (χ0n) is 9.05. The molecule has 0 aromatic carbocycles. The second-order valence-electron chi connectivity index (χ2n) is 4.70. The van der Waals surface area contributed by atoms with Gasteiger partial charge in [0.1, 0.15) is 0 Å². The molecule has 13 heavy (non-hydrogen) atoms. The van der Waals surface area contributed by atoms with Gasteiger partial charge in [-0.25, -0.2) is 0 Å². The van der Waals surface area contributed by atoms with Crippen molar-refractivity contribution < 1.29 is 0 Å². The largest absolute Gasteiger partial charge is 0.328 e. The molecule has 2 heteroatoms. The van der Waals surface area contributed by atoms with E-state index >= 15 is 0 Å². The number of hydrogen-bond donors (Lipinski definition) is 2. The van der Waals surface area contributed by atoms with Gasteiger partial charge in [0.15, 0.2) is 0 Å². The second-order valence-corrected chi connectivity index (χ2v) is 4.70. The highest BCUT2D eigenvalue weighted by Gasteiger charge is 2.23. The average Bonchev–Trinajstić information content (AvgIpc) is 1.99. The van der Waals surface area contributed by atoms with Crippen LogP contribution in [0.4, 0.5) is 0 Å². The minimum absolute atomic E-state index is 0.378. The van der Waals surface area contributed by atoms with Crippen LogP contribution in [0.5, 0.6) is 0 Å². The van der Waals surface area contributed by atoms with E-state index in [0.29, 0.717) is 6.04 Å². The molecule has 0 amide bonds. The summed E-state index contributed by atoms with van der Waals surface area (Å²) in [5, 5.41) is 3.58. The fraction of sp³-hybridized carbons (Fsp3) is 1.00. The van der Waals surface area contributed by atoms with Crippen LogP contribution in [-0.2, 0) is 0 Å². The smallest absolute Gasteiger partial charge is 0.00721 e. The minimum Gasteiger partial charge on any atom is -0.328 e. The predicted molar refractivity (Wildman–Crippen MR) is 57.7 cm³/mol. The second kappa shape index (κ2) is 5.61. The van der Waals surface area contributed by atoms with Gasteiger partial charge in [-0.2, -0.15) is 0 Å². The van der Waals surface area contributed by atoms with E-state index in [9.17, 15) is 0 Å². The van der Waals surface area contributed by atoms with Gasteiger partial charge in [-0.3, -0.25) is 0 Å². The minimum atomic E-state index is 0.378. The van der Waals surface area contributed by atoms with Crippen molar-refractivity contribution >= 4 is 0 Å². The maximum atomic E-state index is 5.67. The third-order valence-corrected chi connectivity index (χ3v) is 2.89. The first-order chi connectivity index (χ1) is 6.18. The van der Waals surface area contributed by atoms with Gasteiger partial charge in [0.2, 0.25) is 0 Å². The van der Waals surface area contributed by atoms with Crippen LogP contribution in [0, 0.1) is 5.92 Å². The van der Waals surface area contributed by atoms with Crippen LogP contribution < -0.4 is 11.1 Å². The molecule has 0 aliphatic heterocycles. The zero-order chi connectivity index (χ0) is 9.68. The molecule has 1 fully saturated rings. The van der Waals surface area contributed by atoms with Crippen molar-refractivity contribution in [1.82, 2.24) is 5.32 Å². The molecular weight excluding hydrogens is 160 g/mol. The molecule has 0 spiro atoms. The lowest BCUT2D eigenvalue weighted by Crippen LogP contribution is -2.40. The quantitative estimate of drug-likeness (QED) is 0.619. The topological polar surface area (TPSA) is 38.0 Å². The van der Waals surface area contributed by atoms with E-state index in [4.69, 9.17) is 5.73 Å². The lowest BCUT2D eigenvalue weighted by molar-refractivity contribution is 0.241. The number of nitrogens with two attached hydrogens (primary N) is 1. The summed E-state index contributed by atoms with van der Waals surface area (Å²) in [5.41, 5.74) is 5.67. The lowest BCUT2D eigenvalue weighted by atomic mass is 9.82. The Morgan fingerprint density at radius 1 is 1.38 bits per heavy atom. The van der Waals surface area contributed by atoms with E-state index < -0.39 is 0 Å². The average molecular weight is 184 g/mol. The van der Waals surface area contributed by atoms with Gasteiger partial charge in [0, 0.05) is 12.1 Å². The van der Waals surface area contributed by atoms with Crippen LogP contribution in [-0.4, -0.2) is 18.6 Å². The number of rotatable bonds is 6. The Hall–Kier alpha value is -0.0800. The first-order valence-corrected chi connectivity index (χ1v) is 5.67. The molecule has 1 atom stereocenters. The van der Waals surface area contributed by atoms with Crippen LogP contribution in [0.25, 0.3) is 0 Å². The Bertz CT molecular complexity index is 128. The molecule has 78 valence electrons. The molecular formula is C11H24N2. The summed E-state index contributed by atoms with van der Waals surface area (Å²) < 4.78 is 0. The maximum Gasteiger partial charge on any atom is 0.00721 e. The highest BCUT2D eigenvalue weighted by atomic mass is 14.9. The monoisotopic (exact) mass is 184 g/mol. The number of hydrogen-bond acceptors (Lipinski definition) is 2. The van der Waals surface area contributed by atoms with Crippen molar-refractivity contribution in [3.05, 3.63) is 0 Å². The summed E-state index contributed by atoms with van der Waals surface area (Å²) in [6.45, 7) is 5.60. The van der Waals surface area contributed by atoms with Crippen LogP contribution in [0.15, 0.2) is 0 Å². The van der Waals surface area contributed by atoms with Crippen molar-refractivity contribution in [2.75, 3.05) is 6.54 Å². The van der Waals surface area contributed by atoms with Gasteiger partial charge in [-0.1, -0.05) is 13.3 Å². The Balaban J connectivity index is 1.79. The standard InChI is InChI=1S/C11H24N2/c1-9-7-11(8-9)13-6-4-3-5-10(2)12/h9-11,13H,3-8,12H2,1-2H3. The molecule has 0 aromatic rings. The first-order valence-electron chi connectivity index (χ1n) is 5.67. The van der Waals surface area contributed by atoms with Crippen molar-refractivity contribution in [2.45, 2.75) is 58.0 Å². The molecule has 1 aliphatic rings. The normalized spacial score (nSPS) is 29.8. The van der Waals surface area contributed by atoms with Gasteiger partial charge < -0.3 is 11.1 Å². The van der Waals surface area contributed by atoms with Crippen molar-refractivity contribution in [3.63, 3.8) is 0 Å². The van der Waals surface area contributed by atoms with Crippen LogP contribution >= 0.6 is 0 Å². The zero-order valence-corrected chi connectivity index (χ0v) is 9.05. The summed E-state index contributed by atoms with van der Waals surface area (Å²) in [7, 11) is 0. The van der Waals surface area contributed by atoms with E-state index in [1.54, 1.807) is 0 Å². The predicted octanol–water partition coefficient (Wildman–Crippen LogP) is 1.89. The van der Waals surface area contributed by atoms with Crippen LogP contribution in [0.3, 0.4) is 0 Å². The molecule has 0 aromatic heterocycles. The fourth-order valence-electron chi connectivity index (χ4n) is 1.97. The highest BCUT2D eigenvalue weighted by Crippen LogP contribution is 2.25. The molecule has 0 bridgehead atoms. The molecule has 1 aliphatic carbocycles. The van der Waals surface area contributed by atoms with Gasteiger partial charge in [-0.05, 0) is 45.1 Å².